The molecule has 1 N–H and O–H groups in total. The molecule has 1 aromatic rings. The number of halogens is 5. The van der Waals surface area contributed by atoms with Crippen molar-refractivity contribution in [3.63, 3.8) is 0 Å². The van der Waals surface area contributed by atoms with Crippen LogP contribution in [0.2, 0.25) is 0 Å². The first kappa shape index (κ1) is 16.0. The van der Waals surface area contributed by atoms with E-state index in [1.165, 1.54) is 7.11 Å². The fourth-order valence-corrected chi connectivity index (χ4v) is 2.44. The van der Waals surface area contributed by atoms with Crippen LogP contribution < -0.4 is 4.74 Å². The van der Waals surface area contributed by atoms with Gasteiger partial charge in [0.1, 0.15) is 18.5 Å². The standard InChI is InChI=1S/C13H13F5O3/c1-20-9-4-6-8(21-5-10(14)15)3-2-7(13(16,17)18)11(6)12(9)19/h2-3,9-10,12,19H,4-5H2,1H3. The summed E-state index contributed by atoms with van der Waals surface area (Å²) < 4.78 is 73.1. The van der Waals surface area contributed by atoms with E-state index in [4.69, 9.17) is 9.47 Å². The van der Waals surface area contributed by atoms with Gasteiger partial charge in [-0.25, -0.2) is 8.78 Å². The predicted octanol–water partition coefficient (Wildman–Crippen LogP) is 2.95. The summed E-state index contributed by atoms with van der Waals surface area (Å²) in [7, 11) is 1.26. The van der Waals surface area contributed by atoms with Crippen LogP contribution in [-0.2, 0) is 17.3 Å². The molecule has 21 heavy (non-hydrogen) atoms. The highest BCUT2D eigenvalue weighted by atomic mass is 19.4. The number of benzene rings is 1. The number of fused-ring (bicyclic) bond motifs is 1. The maximum absolute atomic E-state index is 13.0. The molecule has 3 nitrogen and oxygen atoms in total. The lowest BCUT2D eigenvalue weighted by molar-refractivity contribution is -0.139. The van der Waals surface area contributed by atoms with Gasteiger partial charge in [0.2, 0.25) is 0 Å². The Labute approximate surface area is 117 Å². The molecule has 2 unspecified atom stereocenters. The highest BCUT2D eigenvalue weighted by molar-refractivity contribution is 5.51. The van der Waals surface area contributed by atoms with Crippen molar-refractivity contribution >= 4 is 0 Å². The number of rotatable bonds is 4. The molecule has 0 bridgehead atoms. The second kappa shape index (κ2) is 5.76. The van der Waals surface area contributed by atoms with E-state index in [1.54, 1.807) is 0 Å². The maximum atomic E-state index is 13.0. The lowest BCUT2D eigenvalue weighted by atomic mass is 10.0. The number of ether oxygens (including phenoxy) is 2. The average Bonchev–Trinajstić information content (AvgIpc) is 2.72. The van der Waals surface area contributed by atoms with Gasteiger partial charge in [-0.05, 0) is 12.1 Å². The quantitative estimate of drug-likeness (QED) is 0.869. The molecule has 118 valence electrons. The Morgan fingerprint density at radius 3 is 2.52 bits per heavy atom. The minimum absolute atomic E-state index is 0.0323. The Morgan fingerprint density at radius 1 is 1.33 bits per heavy atom. The van der Waals surface area contributed by atoms with Crippen molar-refractivity contribution in [2.45, 2.75) is 31.2 Å². The molecule has 1 aliphatic rings. The second-order valence-electron chi connectivity index (χ2n) is 4.63. The van der Waals surface area contributed by atoms with Crippen LogP contribution in [0.25, 0.3) is 0 Å². The predicted molar refractivity (Wildman–Crippen MR) is 62.4 cm³/mol. The molecule has 0 saturated heterocycles. The van der Waals surface area contributed by atoms with E-state index in [0.29, 0.717) is 0 Å². The third kappa shape index (κ3) is 3.11. The van der Waals surface area contributed by atoms with Gasteiger partial charge in [-0.2, -0.15) is 13.2 Å². The lowest BCUT2D eigenvalue weighted by Crippen LogP contribution is -2.18. The van der Waals surface area contributed by atoms with Gasteiger partial charge in [0.05, 0.1) is 11.7 Å². The van der Waals surface area contributed by atoms with Gasteiger partial charge >= 0.3 is 6.18 Å². The van der Waals surface area contributed by atoms with Gasteiger partial charge in [-0.15, -0.1) is 0 Å². The Balaban J connectivity index is 2.46. The van der Waals surface area contributed by atoms with Crippen molar-refractivity contribution in [1.82, 2.24) is 0 Å². The summed E-state index contributed by atoms with van der Waals surface area (Å²) in [5.74, 6) is -0.0862. The van der Waals surface area contributed by atoms with Crippen molar-refractivity contribution in [3.8, 4) is 5.75 Å². The van der Waals surface area contributed by atoms with Crippen molar-refractivity contribution in [2.24, 2.45) is 0 Å². The van der Waals surface area contributed by atoms with Crippen LogP contribution in [0, 0.1) is 0 Å². The molecule has 0 spiro atoms. The van der Waals surface area contributed by atoms with Gasteiger partial charge in [-0.3, -0.25) is 0 Å². The van der Waals surface area contributed by atoms with E-state index >= 15 is 0 Å². The first-order valence-electron chi connectivity index (χ1n) is 6.10. The summed E-state index contributed by atoms with van der Waals surface area (Å²) >= 11 is 0. The molecule has 0 heterocycles. The summed E-state index contributed by atoms with van der Waals surface area (Å²) in [4.78, 5) is 0. The Hall–Kier alpha value is -1.41. The molecule has 0 saturated carbocycles. The van der Waals surface area contributed by atoms with Crippen LogP contribution in [0.5, 0.6) is 5.75 Å². The Morgan fingerprint density at radius 2 is 2.00 bits per heavy atom. The number of hydrogen-bond donors (Lipinski definition) is 1. The zero-order valence-electron chi connectivity index (χ0n) is 11.0. The minimum Gasteiger partial charge on any atom is -0.487 e. The zero-order chi connectivity index (χ0) is 15.8. The molecule has 2 atom stereocenters. The van der Waals surface area contributed by atoms with Crippen molar-refractivity contribution in [1.29, 1.82) is 0 Å². The summed E-state index contributed by atoms with van der Waals surface area (Å²) in [6.07, 6.45) is -9.77. The first-order valence-corrected chi connectivity index (χ1v) is 6.10. The van der Waals surface area contributed by atoms with Crippen LogP contribution in [0.3, 0.4) is 0 Å². The molecule has 1 aliphatic carbocycles. The minimum atomic E-state index is -4.66. The van der Waals surface area contributed by atoms with E-state index in [2.05, 4.69) is 0 Å². The van der Waals surface area contributed by atoms with Crippen LogP contribution in [0.1, 0.15) is 22.8 Å². The maximum Gasteiger partial charge on any atom is 0.416 e. The largest absolute Gasteiger partial charge is 0.487 e. The van der Waals surface area contributed by atoms with Gasteiger partial charge < -0.3 is 14.6 Å². The summed E-state index contributed by atoms with van der Waals surface area (Å²) in [6.45, 7) is -0.925. The summed E-state index contributed by atoms with van der Waals surface area (Å²) in [5.41, 5.74) is -1.31. The van der Waals surface area contributed by atoms with Crippen molar-refractivity contribution in [2.75, 3.05) is 13.7 Å². The second-order valence-corrected chi connectivity index (χ2v) is 4.63. The molecule has 0 fully saturated rings. The van der Waals surface area contributed by atoms with Crippen molar-refractivity contribution in [3.05, 3.63) is 28.8 Å². The molecular weight excluding hydrogens is 299 g/mol. The van der Waals surface area contributed by atoms with E-state index < -0.39 is 37.0 Å². The molecule has 0 aromatic heterocycles. The number of aliphatic hydroxyl groups is 1. The Bertz CT molecular complexity index is 515. The molecule has 0 radical (unpaired) electrons. The number of aliphatic hydroxyl groups excluding tert-OH is 1. The normalized spacial score (nSPS) is 21.7. The van der Waals surface area contributed by atoms with E-state index in [0.717, 1.165) is 12.1 Å². The summed E-state index contributed by atoms with van der Waals surface area (Å²) in [5, 5.41) is 9.96. The third-order valence-corrected chi connectivity index (χ3v) is 3.34. The SMILES string of the molecule is COC1Cc2c(OCC(F)F)ccc(C(F)(F)F)c2C1O. The van der Waals surface area contributed by atoms with Crippen LogP contribution in [0.15, 0.2) is 12.1 Å². The van der Waals surface area contributed by atoms with E-state index in [1.807, 2.05) is 0 Å². The highest BCUT2D eigenvalue weighted by Gasteiger charge is 2.43. The van der Waals surface area contributed by atoms with Gasteiger partial charge in [0.15, 0.2) is 0 Å². The topological polar surface area (TPSA) is 38.7 Å². The summed E-state index contributed by atoms with van der Waals surface area (Å²) in [6, 6.07) is 1.72. The fraction of sp³-hybridized carbons (Fsp3) is 0.538. The molecule has 1 aromatic carbocycles. The van der Waals surface area contributed by atoms with Gasteiger partial charge in [0.25, 0.3) is 6.43 Å². The van der Waals surface area contributed by atoms with Gasteiger partial charge in [-0.1, -0.05) is 0 Å². The smallest absolute Gasteiger partial charge is 0.416 e. The zero-order valence-corrected chi connectivity index (χ0v) is 11.0. The number of alkyl halides is 5. The number of hydrogen-bond acceptors (Lipinski definition) is 3. The van der Waals surface area contributed by atoms with Crippen LogP contribution >= 0.6 is 0 Å². The van der Waals surface area contributed by atoms with Crippen LogP contribution in [0.4, 0.5) is 22.0 Å². The van der Waals surface area contributed by atoms with Crippen molar-refractivity contribution < 1.29 is 36.5 Å². The third-order valence-electron chi connectivity index (χ3n) is 3.34. The number of methoxy groups -OCH3 is 1. The first-order chi connectivity index (χ1) is 9.75. The monoisotopic (exact) mass is 312 g/mol. The molecule has 0 amide bonds. The van der Waals surface area contributed by atoms with Gasteiger partial charge in [0, 0.05) is 24.7 Å². The highest BCUT2D eigenvalue weighted by Crippen LogP contribution is 2.45. The molecule has 0 aliphatic heterocycles. The molecule has 8 heteroatoms. The molecular formula is C13H13F5O3. The molecule has 2 rings (SSSR count). The van der Waals surface area contributed by atoms with E-state index in [-0.39, 0.29) is 23.3 Å². The lowest BCUT2D eigenvalue weighted by Gasteiger charge is -2.18. The average molecular weight is 312 g/mol. The van der Waals surface area contributed by atoms with E-state index in [9.17, 15) is 27.1 Å². The fourth-order valence-electron chi connectivity index (χ4n) is 2.44. The Kier molecular flexibility index (Phi) is 4.38. The van der Waals surface area contributed by atoms with Crippen LogP contribution in [-0.4, -0.2) is 31.4 Å².